The molecule has 0 aliphatic heterocycles. The van der Waals surface area contributed by atoms with Crippen molar-refractivity contribution in [2.24, 2.45) is 0 Å². The Kier molecular flexibility index (Phi) is 19.5. The quantitative estimate of drug-likeness (QED) is 0.0796. The Hall–Kier alpha value is -1.94. The molecule has 0 heterocycles. The van der Waals surface area contributed by atoms with Gasteiger partial charge in [-0.25, -0.2) is 8.96 Å². The Morgan fingerprint density at radius 3 is 2.02 bits per heavy atom. The van der Waals surface area contributed by atoms with Gasteiger partial charge in [0.25, 0.3) is 0 Å². The molecular weight excluding hydrogens is 588 g/mol. The highest BCUT2D eigenvalue weighted by Gasteiger charge is 2.29. The van der Waals surface area contributed by atoms with Gasteiger partial charge in [0.1, 0.15) is 11.6 Å². The Balaban J connectivity index is 1.76. The van der Waals surface area contributed by atoms with E-state index in [9.17, 15) is 8.96 Å². The lowest BCUT2D eigenvalue weighted by Gasteiger charge is -2.22. The summed E-state index contributed by atoms with van der Waals surface area (Å²) in [5, 5.41) is 9.45. The van der Waals surface area contributed by atoms with Crippen LogP contribution in [0.4, 0.5) is 4.39 Å². The monoisotopic (exact) mass is 637 g/mol. The van der Waals surface area contributed by atoms with E-state index in [4.69, 9.17) is 35.2 Å². The molecule has 240 valence electrons. The summed E-state index contributed by atoms with van der Waals surface area (Å²) in [5.74, 6) is -0.303. The molecule has 0 spiro atoms. The van der Waals surface area contributed by atoms with Gasteiger partial charge in [-0.05, 0) is 42.3 Å². The fraction of sp³-hybridized carbons (Fsp3) is 0.618. The van der Waals surface area contributed by atoms with Crippen molar-refractivity contribution in [3.8, 4) is 11.8 Å². The Morgan fingerprint density at radius 2 is 1.47 bits per heavy atom. The van der Waals surface area contributed by atoms with Gasteiger partial charge in [0.15, 0.2) is 0 Å². The van der Waals surface area contributed by atoms with Gasteiger partial charge in [0.2, 0.25) is 0 Å². The van der Waals surface area contributed by atoms with Gasteiger partial charge in [-0.15, -0.1) is 0 Å². The van der Waals surface area contributed by atoms with E-state index in [0.29, 0.717) is 12.0 Å². The van der Waals surface area contributed by atoms with Crippen molar-refractivity contribution < 1.29 is 27.3 Å². The molecule has 0 radical (unpaired) electrons. The molecule has 0 aliphatic carbocycles. The number of rotatable bonds is 25. The smallest absolute Gasteiger partial charge is 0.402 e. The van der Waals surface area contributed by atoms with E-state index in [-0.39, 0.29) is 29.5 Å². The van der Waals surface area contributed by atoms with Crippen LogP contribution in [0.5, 0.6) is 5.75 Å². The molecule has 6 nitrogen and oxygen atoms in total. The summed E-state index contributed by atoms with van der Waals surface area (Å²) in [4.78, 5) is 0. The lowest BCUT2D eigenvalue weighted by atomic mass is 10.0. The SMILES string of the molecule is CCCCCCCCCCCCCCCCC[C@H](COP(=O)(OC)Oc1ccccc1Cl)OCc1cc(F)cc(C#N)c1. The maximum absolute atomic E-state index is 13.9. The molecule has 2 aromatic rings. The topological polar surface area (TPSA) is 77.8 Å². The molecule has 1 unspecified atom stereocenters. The summed E-state index contributed by atoms with van der Waals surface area (Å²) in [6.45, 7) is 2.30. The van der Waals surface area contributed by atoms with Crippen molar-refractivity contribution >= 4 is 19.4 Å². The number of nitriles is 1. The van der Waals surface area contributed by atoms with Crippen molar-refractivity contribution in [3.05, 3.63) is 64.4 Å². The van der Waals surface area contributed by atoms with E-state index in [1.165, 1.54) is 96.3 Å². The molecule has 0 aliphatic rings. The van der Waals surface area contributed by atoms with Crippen LogP contribution in [-0.2, 0) is 25.0 Å². The molecular formula is C34H50ClFNO5P. The number of ether oxygens (including phenoxy) is 1. The largest absolute Gasteiger partial charge is 0.529 e. The number of phosphoric acid groups is 1. The van der Waals surface area contributed by atoms with Crippen LogP contribution >= 0.6 is 19.4 Å². The normalized spacial score (nSPS) is 13.4. The Morgan fingerprint density at radius 1 is 0.884 bits per heavy atom. The third kappa shape index (κ3) is 16.6. The average Bonchev–Trinajstić information content (AvgIpc) is 3.00. The molecule has 2 atom stereocenters. The highest BCUT2D eigenvalue weighted by Crippen LogP contribution is 2.50. The van der Waals surface area contributed by atoms with E-state index in [0.717, 1.165) is 19.3 Å². The van der Waals surface area contributed by atoms with Gasteiger partial charge in [-0.1, -0.05) is 127 Å². The van der Waals surface area contributed by atoms with E-state index in [1.807, 2.05) is 6.07 Å². The first-order valence-electron chi connectivity index (χ1n) is 15.9. The van der Waals surface area contributed by atoms with Crippen LogP contribution in [0.15, 0.2) is 42.5 Å². The van der Waals surface area contributed by atoms with Gasteiger partial charge in [0.05, 0.1) is 36.0 Å². The van der Waals surface area contributed by atoms with Crippen molar-refractivity contribution in [2.75, 3.05) is 13.7 Å². The summed E-state index contributed by atoms with van der Waals surface area (Å²) in [6.07, 6.45) is 19.3. The van der Waals surface area contributed by atoms with E-state index >= 15 is 0 Å². The maximum Gasteiger partial charge on any atom is 0.529 e. The van der Waals surface area contributed by atoms with Crippen LogP contribution in [-0.4, -0.2) is 19.8 Å². The van der Waals surface area contributed by atoms with Gasteiger partial charge in [0, 0.05) is 7.11 Å². The summed E-state index contributed by atoms with van der Waals surface area (Å²) >= 11 is 6.15. The second-order valence-corrected chi connectivity index (χ2v) is 13.2. The highest BCUT2D eigenvalue weighted by atomic mass is 35.5. The minimum absolute atomic E-state index is 0.0470. The molecule has 0 fully saturated rings. The molecule has 0 saturated carbocycles. The first-order chi connectivity index (χ1) is 20.9. The molecule has 0 N–H and O–H groups in total. The number of benzene rings is 2. The molecule has 2 rings (SSSR count). The zero-order valence-electron chi connectivity index (χ0n) is 26.0. The van der Waals surface area contributed by atoms with Crippen LogP contribution in [0, 0.1) is 17.1 Å². The molecule has 0 aromatic heterocycles. The fourth-order valence-corrected chi connectivity index (χ4v) is 6.11. The van der Waals surface area contributed by atoms with Gasteiger partial charge >= 0.3 is 7.82 Å². The first kappa shape index (κ1) is 37.2. The molecule has 0 bridgehead atoms. The third-order valence-corrected chi connectivity index (χ3v) is 9.04. The second kappa shape index (κ2) is 22.6. The summed E-state index contributed by atoms with van der Waals surface area (Å²) in [7, 11) is -2.71. The van der Waals surface area contributed by atoms with E-state index < -0.39 is 19.7 Å². The predicted molar refractivity (Wildman–Crippen MR) is 172 cm³/mol. The van der Waals surface area contributed by atoms with Crippen LogP contribution in [0.1, 0.15) is 121 Å². The van der Waals surface area contributed by atoms with Crippen molar-refractivity contribution in [1.82, 2.24) is 0 Å². The zero-order valence-corrected chi connectivity index (χ0v) is 27.7. The van der Waals surface area contributed by atoms with Crippen LogP contribution < -0.4 is 4.52 Å². The van der Waals surface area contributed by atoms with Gasteiger partial charge < -0.3 is 9.26 Å². The van der Waals surface area contributed by atoms with Crippen molar-refractivity contribution in [1.29, 1.82) is 5.26 Å². The third-order valence-electron chi connectivity index (χ3n) is 7.39. The molecule has 0 saturated heterocycles. The van der Waals surface area contributed by atoms with Crippen molar-refractivity contribution in [3.63, 3.8) is 0 Å². The minimum atomic E-state index is -3.96. The molecule has 2 aromatic carbocycles. The number of nitrogens with zero attached hydrogens (tertiary/aromatic N) is 1. The van der Waals surface area contributed by atoms with Crippen molar-refractivity contribution in [2.45, 2.75) is 122 Å². The Bertz CT molecular complexity index is 1130. The van der Waals surface area contributed by atoms with Gasteiger partial charge in [-0.3, -0.25) is 9.05 Å². The molecule has 9 heteroatoms. The molecule has 43 heavy (non-hydrogen) atoms. The number of hydrogen-bond acceptors (Lipinski definition) is 6. The zero-order chi connectivity index (χ0) is 31.2. The number of phosphoric ester groups is 1. The summed E-state index contributed by atoms with van der Waals surface area (Å²) in [6, 6.07) is 12.7. The average molecular weight is 638 g/mol. The highest BCUT2D eigenvalue weighted by molar-refractivity contribution is 7.48. The fourth-order valence-electron chi connectivity index (χ4n) is 4.90. The number of hydrogen-bond donors (Lipinski definition) is 0. The maximum atomic E-state index is 13.9. The number of halogens is 2. The lowest BCUT2D eigenvalue weighted by Crippen LogP contribution is -2.20. The van der Waals surface area contributed by atoms with E-state index in [1.54, 1.807) is 30.3 Å². The summed E-state index contributed by atoms with van der Waals surface area (Å²) < 4.78 is 49.4. The standard InChI is InChI=1S/C34H50ClFNO5P/c1-3-4-5-6-7-8-9-10-11-12-13-14-15-16-17-20-32(40-27-30-23-29(26-37)24-31(36)25-30)28-41-43(38,39-2)42-34-22-19-18-21-33(34)35/h18-19,21-25,32H,3-17,20,27-28H2,1-2H3/t32-,43?/m1/s1. The van der Waals surface area contributed by atoms with Crippen LogP contribution in [0.2, 0.25) is 5.02 Å². The lowest BCUT2D eigenvalue weighted by molar-refractivity contribution is -0.00443. The van der Waals surface area contributed by atoms with Gasteiger partial charge in [-0.2, -0.15) is 5.26 Å². The first-order valence-corrected chi connectivity index (χ1v) is 17.8. The van der Waals surface area contributed by atoms with Crippen LogP contribution in [0.25, 0.3) is 0 Å². The number of unbranched alkanes of at least 4 members (excludes halogenated alkanes) is 14. The van der Waals surface area contributed by atoms with E-state index in [2.05, 4.69) is 6.92 Å². The summed E-state index contributed by atoms with van der Waals surface area (Å²) in [5.41, 5.74) is 0.770. The molecule has 0 amide bonds. The Labute approximate surface area is 263 Å². The second-order valence-electron chi connectivity index (χ2n) is 11.1. The minimum Gasteiger partial charge on any atom is -0.402 e. The number of para-hydroxylation sites is 1. The van der Waals surface area contributed by atoms with Crippen LogP contribution in [0.3, 0.4) is 0 Å². The predicted octanol–water partition coefficient (Wildman–Crippen LogP) is 11.3.